The number of thiophene rings is 1. The first-order chi connectivity index (χ1) is 13.5. The van der Waals surface area contributed by atoms with Gasteiger partial charge in [0.1, 0.15) is 0 Å². The van der Waals surface area contributed by atoms with Crippen LogP contribution in [0.3, 0.4) is 0 Å². The summed E-state index contributed by atoms with van der Waals surface area (Å²) < 4.78 is 2.26. The van der Waals surface area contributed by atoms with E-state index in [0.29, 0.717) is 0 Å². The summed E-state index contributed by atoms with van der Waals surface area (Å²) in [6.07, 6.45) is 0. The smallest absolute Gasteiger partial charge is 0.0819 e. The molecule has 0 radical (unpaired) electrons. The molecule has 1 spiro atoms. The van der Waals surface area contributed by atoms with E-state index in [1.165, 1.54) is 54.9 Å². The molecule has 0 saturated heterocycles. The molecule has 28 heavy (non-hydrogen) atoms. The number of hydrogen-bond donors (Lipinski definition) is 0. The van der Waals surface area contributed by atoms with Gasteiger partial charge in [-0.3, -0.25) is 0 Å². The largest absolute Gasteiger partial charge is 0.147 e. The van der Waals surface area contributed by atoms with E-state index in [2.05, 4.69) is 106 Å². The lowest BCUT2D eigenvalue weighted by Gasteiger charge is -2.30. The number of rotatable bonds is 0. The highest BCUT2D eigenvalue weighted by atomic mass is 79.9. The van der Waals surface area contributed by atoms with Gasteiger partial charge in [0.15, 0.2) is 0 Å². The van der Waals surface area contributed by atoms with Crippen LogP contribution in [0.15, 0.2) is 68.9 Å². The van der Waals surface area contributed by atoms with Gasteiger partial charge in [-0.25, -0.2) is 0 Å². The molecule has 0 saturated carbocycles. The zero-order chi connectivity index (χ0) is 19.2. The van der Waals surface area contributed by atoms with Crippen LogP contribution in [0.5, 0.6) is 0 Å². The van der Waals surface area contributed by atoms with E-state index in [1.54, 1.807) is 0 Å². The Morgan fingerprint density at radius 1 is 0.643 bits per heavy atom. The molecule has 2 aliphatic carbocycles. The molecular weight excluding hydrogens is 492 g/mol. The summed E-state index contributed by atoms with van der Waals surface area (Å²) in [6, 6.07) is 20.6. The predicted molar refractivity (Wildman–Crippen MR) is 125 cm³/mol. The van der Waals surface area contributed by atoms with Crippen molar-refractivity contribution >= 4 is 43.2 Å². The highest BCUT2D eigenvalue weighted by Crippen LogP contribution is 2.64. The van der Waals surface area contributed by atoms with Crippen molar-refractivity contribution in [3.63, 3.8) is 0 Å². The molecular formula is C25H16Br2S. The van der Waals surface area contributed by atoms with E-state index in [1.807, 2.05) is 11.3 Å². The zero-order valence-corrected chi connectivity index (χ0v) is 19.4. The summed E-state index contributed by atoms with van der Waals surface area (Å²) in [6.45, 7) is 4.45. The van der Waals surface area contributed by atoms with Crippen LogP contribution in [0.2, 0.25) is 0 Å². The lowest BCUT2D eigenvalue weighted by Crippen LogP contribution is -2.25. The van der Waals surface area contributed by atoms with Crippen molar-refractivity contribution in [2.75, 3.05) is 0 Å². The summed E-state index contributed by atoms with van der Waals surface area (Å²) in [5, 5.41) is 2.25. The number of aryl methyl sites for hydroxylation is 2. The summed E-state index contributed by atoms with van der Waals surface area (Å²) >= 11 is 9.38. The van der Waals surface area contributed by atoms with Gasteiger partial charge in [0.05, 0.1) is 5.41 Å². The van der Waals surface area contributed by atoms with Crippen molar-refractivity contribution < 1.29 is 0 Å². The average molecular weight is 508 g/mol. The topological polar surface area (TPSA) is 0 Å². The molecule has 0 unspecified atom stereocenters. The third-order valence-electron chi connectivity index (χ3n) is 6.40. The standard InChI is InChI=1S/C25H16Br2S/c1-13-9-20-19-7-8-28-24(19)25(21(20)10-14(13)2)22-11-15(26)3-5-17(22)18-6-4-16(27)12-23(18)25/h3-12H,1-2H3. The van der Waals surface area contributed by atoms with E-state index < -0.39 is 0 Å². The van der Waals surface area contributed by atoms with Crippen molar-refractivity contribution in [1.29, 1.82) is 0 Å². The van der Waals surface area contributed by atoms with Gasteiger partial charge >= 0.3 is 0 Å². The fourth-order valence-corrected chi connectivity index (χ4v) is 6.96. The monoisotopic (exact) mass is 506 g/mol. The predicted octanol–water partition coefficient (Wildman–Crippen LogP) is 8.23. The Hall–Kier alpha value is -1.68. The van der Waals surface area contributed by atoms with Gasteiger partial charge in [-0.2, -0.15) is 0 Å². The minimum atomic E-state index is -0.227. The van der Waals surface area contributed by atoms with Gasteiger partial charge in [-0.1, -0.05) is 56.1 Å². The average Bonchev–Trinajstić information content (AvgIpc) is 3.31. The van der Waals surface area contributed by atoms with Crippen LogP contribution < -0.4 is 0 Å². The van der Waals surface area contributed by atoms with Crippen molar-refractivity contribution in [3.05, 3.63) is 102 Å². The molecule has 136 valence electrons. The second kappa shape index (κ2) is 5.69. The Balaban J connectivity index is 1.87. The summed E-state index contributed by atoms with van der Waals surface area (Å²) in [4.78, 5) is 1.45. The Kier molecular flexibility index (Phi) is 3.49. The van der Waals surface area contributed by atoms with Gasteiger partial charge in [0, 0.05) is 13.8 Å². The summed E-state index contributed by atoms with van der Waals surface area (Å²) in [7, 11) is 0. The fraction of sp³-hybridized carbons (Fsp3) is 0.120. The van der Waals surface area contributed by atoms with Crippen LogP contribution in [-0.2, 0) is 5.41 Å². The molecule has 0 fully saturated rings. The molecule has 0 amide bonds. The molecule has 3 aromatic carbocycles. The second-order valence-corrected chi connectivity index (χ2v) is 10.5. The molecule has 6 rings (SSSR count). The molecule has 0 nitrogen and oxygen atoms in total. The van der Waals surface area contributed by atoms with Crippen LogP contribution in [-0.4, -0.2) is 0 Å². The fourth-order valence-electron chi connectivity index (χ4n) is 5.09. The molecule has 0 bridgehead atoms. The minimum Gasteiger partial charge on any atom is -0.147 e. The highest BCUT2D eigenvalue weighted by Gasteiger charge is 2.52. The van der Waals surface area contributed by atoms with Crippen LogP contribution in [0.25, 0.3) is 22.3 Å². The van der Waals surface area contributed by atoms with E-state index in [0.717, 1.165) is 8.95 Å². The van der Waals surface area contributed by atoms with E-state index in [4.69, 9.17) is 0 Å². The summed E-state index contributed by atoms with van der Waals surface area (Å²) in [5.74, 6) is 0. The number of hydrogen-bond acceptors (Lipinski definition) is 1. The van der Waals surface area contributed by atoms with Crippen molar-refractivity contribution in [1.82, 2.24) is 0 Å². The second-order valence-electron chi connectivity index (χ2n) is 7.78. The van der Waals surface area contributed by atoms with Crippen molar-refractivity contribution in [2.24, 2.45) is 0 Å². The first kappa shape index (κ1) is 17.2. The van der Waals surface area contributed by atoms with Crippen molar-refractivity contribution in [3.8, 4) is 22.3 Å². The molecule has 0 N–H and O–H groups in total. The van der Waals surface area contributed by atoms with E-state index in [9.17, 15) is 0 Å². The molecule has 4 aromatic rings. The van der Waals surface area contributed by atoms with Gasteiger partial charge in [0.25, 0.3) is 0 Å². The first-order valence-corrected chi connectivity index (χ1v) is 11.8. The van der Waals surface area contributed by atoms with Crippen LogP contribution in [0.1, 0.15) is 32.7 Å². The number of fused-ring (bicyclic) bond motifs is 10. The SMILES string of the molecule is Cc1cc2c(cc1C)C1(c3cc(Br)ccc3-c3ccc(Br)cc31)c1sccc1-2. The normalized spacial score (nSPS) is 14.7. The molecule has 0 aliphatic heterocycles. The lowest BCUT2D eigenvalue weighted by molar-refractivity contribution is 0.808. The minimum absolute atomic E-state index is 0.227. The Bertz CT molecular complexity index is 1260. The number of benzene rings is 3. The van der Waals surface area contributed by atoms with Gasteiger partial charge in [-0.05, 0) is 99.6 Å². The Morgan fingerprint density at radius 3 is 1.86 bits per heavy atom. The van der Waals surface area contributed by atoms with Crippen molar-refractivity contribution in [2.45, 2.75) is 19.3 Å². The van der Waals surface area contributed by atoms with Crippen LogP contribution in [0.4, 0.5) is 0 Å². The Morgan fingerprint density at radius 2 is 1.21 bits per heavy atom. The maximum Gasteiger partial charge on any atom is 0.0819 e. The summed E-state index contributed by atoms with van der Waals surface area (Å²) in [5.41, 5.74) is 12.2. The van der Waals surface area contributed by atoms with Gasteiger partial charge in [-0.15, -0.1) is 11.3 Å². The molecule has 3 heteroatoms. The zero-order valence-electron chi connectivity index (χ0n) is 15.4. The lowest BCUT2D eigenvalue weighted by atomic mass is 9.73. The Labute approximate surface area is 185 Å². The van der Waals surface area contributed by atoms with Gasteiger partial charge < -0.3 is 0 Å². The highest BCUT2D eigenvalue weighted by molar-refractivity contribution is 9.10. The van der Waals surface area contributed by atoms with Crippen LogP contribution in [0, 0.1) is 13.8 Å². The van der Waals surface area contributed by atoms with Crippen LogP contribution >= 0.6 is 43.2 Å². The molecule has 1 aromatic heterocycles. The third kappa shape index (κ3) is 1.95. The van der Waals surface area contributed by atoms with E-state index >= 15 is 0 Å². The van der Waals surface area contributed by atoms with E-state index in [-0.39, 0.29) is 5.41 Å². The molecule has 0 atom stereocenters. The first-order valence-electron chi connectivity index (χ1n) is 9.32. The maximum absolute atomic E-state index is 3.75. The van der Waals surface area contributed by atoms with Gasteiger partial charge in [0.2, 0.25) is 0 Å². The molecule has 1 heterocycles. The maximum atomic E-state index is 3.75. The third-order valence-corrected chi connectivity index (χ3v) is 8.42. The number of halogens is 2. The molecule has 2 aliphatic rings. The quantitative estimate of drug-likeness (QED) is 0.194.